The Morgan fingerprint density at radius 1 is 1.47 bits per heavy atom. The van der Waals surface area contributed by atoms with Crippen LogP contribution in [0.2, 0.25) is 0 Å². The maximum absolute atomic E-state index is 5.32. The Bertz CT molecular complexity index is 332. The number of nitrogens with one attached hydrogen (secondary N) is 1. The van der Waals surface area contributed by atoms with Gasteiger partial charge in [0.05, 0.1) is 5.75 Å². The summed E-state index contributed by atoms with van der Waals surface area (Å²) in [5, 5.41) is 3.84. The maximum Gasteiger partial charge on any atom is 0.0545 e. The van der Waals surface area contributed by atoms with Crippen LogP contribution in [0.3, 0.4) is 0 Å². The van der Waals surface area contributed by atoms with Crippen molar-refractivity contribution >= 4 is 11.8 Å². The summed E-state index contributed by atoms with van der Waals surface area (Å²) in [4.78, 5) is 2.71. The van der Waals surface area contributed by atoms with Crippen molar-refractivity contribution in [2.75, 3.05) is 31.1 Å². The van der Waals surface area contributed by atoms with Crippen LogP contribution in [0.1, 0.15) is 33.6 Å². The van der Waals surface area contributed by atoms with Gasteiger partial charge >= 0.3 is 0 Å². The van der Waals surface area contributed by atoms with Crippen molar-refractivity contribution in [1.82, 2.24) is 10.2 Å². The summed E-state index contributed by atoms with van der Waals surface area (Å²) in [6, 6.07) is 0.679. The van der Waals surface area contributed by atoms with Gasteiger partial charge in [-0.15, -0.1) is 18.2 Å². The van der Waals surface area contributed by atoms with E-state index in [9.17, 15) is 0 Å². The minimum atomic E-state index is 0.349. The Hall–Kier alpha value is -0.170. The lowest BCUT2D eigenvalue weighted by molar-refractivity contribution is 0.0579. The van der Waals surface area contributed by atoms with E-state index in [1.807, 2.05) is 11.8 Å². The minimum Gasteiger partial charge on any atom is -0.308 e. The van der Waals surface area contributed by atoms with Gasteiger partial charge in [0.2, 0.25) is 0 Å². The van der Waals surface area contributed by atoms with Gasteiger partial charge in [-0.05, 0) is 31.6 Å². The number of piperazine rings is 1. The van der Waals surface area contributed by atoms with Gasteiger partial charge < -0.3 is 5.32 Å². The highest BCUT2D eigenvalue weighted by Gasteiger charge is 2.46. The van der Waals surface area contributed by atoms with Crippen molar-refractivity contribution in [3.05, 3.63) is 0 Å². The molecule has 2 atom stereocenters. The molecule has 2 rings (SSSR count). The molecule has 0 bridgehead atoms. The largest absolute Gasteiger partial charge is 0.308 e. The average molecular weight is 280 g/mol. The lowest BCUT2D eigenvalue weighted by atomic mass is 9.88. The molecular formula is C16H28N2S. The van der Waals surface area contributed by atoms with Crippen LogP contribution >= 0.6 is 11.8 Å². The maximum atomic E-state index is 5.32. The topological polar surface area (TPSA) is 15.3 Å². The van der Waals surface area contributed by atoms with E-state index in [-0.39, 0.29) is 0 Å². The standard InChI is InChI=1S/C16H28N2S/c1-5-9-19-10-8-18-12-16(4,14-6-7-14)17-11-15(18)13(2)3/h1,13-15,17H,6-12H2,2-4H3. The molecule has 0 radical (unpaired) electrons. The molecule has 1 aliphatic carbocycles. The smallest absolute Gasteiger partial charge is 0.0545 e. The Morgan fingerprint density at radius 2 is 2.21 bits per heavy atom. The molecule has 0 aromatic carbocycles. The van der Waals surface area contributed by atoms with E-state index in [2.05, 4.69) is 36.9 Å². The third-order valence-electron chi connectivity index (χ3n) is 4.67. The predicted octanol–water partition coefficient (Wildman–Crippen LogP) is 2.45. The molecule has 0 aromatic rings. The van der Waals surface area contributed by atoms with E-state index in [1.54, 1.807) is 0 Å². The predicted molar refractivity (Wildman–Crippen MR) is 85.5 cm³/mol. The van der Waals surface area contributed by atoms with Crippen LogP contribution in [0.15, 0.2) is 0 Å². The molecule has 1 N–H and O–H groups in total. The number of rotatable bonds is 6. The lowest BCUT2D eigenvalue weighted by Gasteiger charge is -2.48. The molecule has 0 amide bonds. The molecule has 1 aliphatic heterocycles. The van der Waals surface area contributed by atoms with Gasteiger partial charge in [0.25, 0.3) is 0 Å². The van der Waals surface area contributed by atoms with Crippen LogP contribution in [0.5, 0.6) is 0 Å². The Balaban J connectivity index is 1.90. The second-order valence-electron chi connectivity index (χ2n) is 6.61. The lowest BCUT2D eigenvalue weighted by Crippen LogP contribution is -2.65. The Kier molecular flexibility index (Phi) is 5.22. The van der Waals surface area contributed by atoms with Crippen molar-refractivity contribution < 1.29 is 0 Å². The van der Waals surface area contributed by atoms with Gasteiger partial charge in [0.1, 0.15) is 0 Å². The van der Waals surface area contributed by atoms with Crippen molar-refractivity contribution in [3.8, 4) is 12.3 Å². The van der Waals surface area contributed by atoms with Crippen LogP contribution in [0, 0.1) is 24.2 Å². The van der Waals surface area contributed by atoms with Crippen molar-refractivity contribution in [1.29, 1.82) is 0 Å². The van der Waals surface area contributed by atoms with Crippen molar-refractivity contribution in [2.24, 2.45) is 11.8 Å². The molecule has 3 heteroatoms. The fourth-order valence-corrected chi connectivity index (χ4v) is 3.90. The van der Waals surface area contributed by atoms with Crippen LogP contribution in [0.25, 0.3) is 0 Å². The third-order valence-corrected chi connectivity index (χ3v) is 5.51. The van der Waals surface area contributed by atoms with Crippen molar-refractivity contribution in [3.63, 3.8) is 0 Å². The Labute approximate surface area is 123 Å². The number of terminal acetylenes is 1. The molecule has 0 aromatic heterocycles. The zero-order valence-corrected chi connectivity index (χ0v) is 13.4. The second kappa shape index (κ2) is 6.52. The van der Waals surface area contributed by atoms with Crippen LogP contribution in [0.4, 0.5) is 0 Å². The fraction of sp³-hybridized carbons (Fsp3) is 0.875. The van der Waals surface area contributed by atoms with E-state index in [0.717, 1.165) is 24.0 Å². The molecule has 2 unspecified atom stereocenters. The first kappa shape index (κ1) is 15.2. The number of thioether (sulfide) groups is 1. The third kappa shape index (κ3) is 3.90. The zero-order chi connectivity index (χ0) is 13.9. The molecule has 0 spiro atoms. The summed E-state index contributed by atoms with van der Waals surface area (Å²) < 4.78 is 0. The highest BCUT2D eigenvalue weighted by atomic mass is 32.2. The van der Waals surface area contributed by atoms with E-state index in [0.29, 0.717) is 17.5 Å². The number of nitrogens with zero attached hydrogens (tertiary/aromatic N) is 1. The van der Waals surface area contributed by atoms with E-state index < -0.39 is 0 Å². The summed E-state index contributed by atoms with van der Waals surface area (Å²) in [6.45, 7) is 10.6. The first-order valence-electron chi connectivity index (χ1n) is 7.57. The molecule has 108 valence electrons. The van der Waals surface area contributed by atoms with Gasteiger partial charge in [-0.25, -0.2) is 0 Å². The summed E-state index contributed by atoms with van der Waals surface area (Å²) in [5.41, 5.74) is 0.349. The van der Waals surface area contributed by atoms with E-state index in [1.165, 1.54) is 25.9 Å². The van der Waals surface area contributed by atoms with Crippen LogP contribution in [-0.2, 0) is 0 Å². The molecule has 1 heterocycles. The quantitative estimate of drug-likeness (QED) is 0.594. The van der Waals surface area contributed by atoms with Gasteiger partial charge in [-0.3, -0.25) is 4.90 Å². The number of hydrogen-bond acceptors (Lipinski definition) is 3. The normalized spacial score (nSPS) is 32.5. The summed E-state index contributed by atoms with van der Waals surface area (Å²) >= 11 is 1.89. The number of hydrogen-bond donors (Lipinski definition) is 1. The second-order valence-corrected chi connectivity index (χ2v) is 7.72. The van der Waals surface area contributed by atoms with E-state index >= 15 is 0 Å². The SMILES string of the molecule is C#CCSCCN1CC(C)(C2CC2)NCC1C(C)C. The molecule has 2 fully saturated rings. The van der Waals surface area contributed by atoms with Gasteiger partial charge in [0, 0.05) is 37.0 Å². The monoisotopic (exact) mass is 280 g/mol. The molecule has 1 saturated carbocycles. The fourth-order valence-electron chi connectivity index (χ4n) is 3.27. The first-order valence-corrected chi connectivity index (χ1v) is 8.72. The van der Waals surface area contributed by atoms with Crippen LogP contribution in [-0.4, -0.2) is 47.6 Å². The summed E-state index contributed by atoms with van der Waals surface area (Å²) in [6.07, 6.45) is 8.14. The molecule has 19 heavy (non-hydrogen) atoms. The average Bonchev–Trinajstić information content (AvgIpc) is 3.19. The zero-order valence-electron chi connectivity index (χ0n) is 12.6. The van der Waals surface area contributed by atoms with Crippen molar-refractivity contribution in [2.45, 2.75) is 45.2 Å². The molecular weight excluding hydrogens is 252 g/mol. The summed E-state index contributed by atoms with van der Waals surface area (Å²) in [5.74, 6) is 6.34. The molecule has 1 saturated heterocycles. The highest BCUT2D eigenvalue weighted by molar-refractivity contribution is 7.99. The van der Waals surface area contributed by atoms with Crippen LogP contribution < -0.4 is 5.32 Å². The Morgan fingerprint density at radius 3 is 2.79 bits per heavy atom. The van der Waals surface area contributed by atoms with Gasteiger partial charge in [-0.2, -0.15) is 0 Å². The molecule has 2 nitrogen and oxygen atoms in total. The van der Waals surface area contributed by atoms with E-state index in [4.69, 9.17) is 6.42 Å². The first-order chi connectivity index (χ1) is 9.07. The van der Waals surface area contributed by atoms with Gasteiger partial charge in [0.15, 0.2) is 0 Å². The summed E-state index contributed by atoms with van der Waals surface area (Å²) in [7, 11) is 0. The highest BCUT2D eigenvalue weighted by Crippen LogP contribution is 2.41. The minimum absolute atomic E-state index is 0.349. The molecule has 2 aliphatic rings. The van der Waals surface area contributed by atoms with Gasteiger partial charge in [-0.1, -0.05) is 19.8 Å².